The minimum absolute atomic E-state index is 0.119. The van der Waals surface area contributed by atoms with Crippen LogP contribution in [0.5, 0.6) is 0 Å². The quantitative estimate of drug-likeness (QED) is 0.470. The molecule has 4 heterocycles. The number of aromatic nitrogens is 5. The largest absolute Gasteiger partial charge is 0.383 e. The van der Waals surface area contributed by atoms with Crippen LogP contribution in [0.2, 0.25) is 0 Å². The second-order valence-electron chi connectivity index (χ2n) is 6.77. The molecule has 1 amide bonds. The molecular weight excluding hydrogens is 370 g/mol. The Kier molecular flexibility index (Phi) is 5.05. The lowest BCUT2D eigenvalue weighted by atomic mass is 10.2. The van der Waals surface area contributed by atoms with Crippen LogP contribution in [0.3, 0.4) is 0 Å². The van der Waals surface area contributed by atoms with E-state index < -0.39 is 0 Å². The Hall–Kier alpha value is -3.59. The highest BCUT2D eigenvalue weighted by atomic mass is 16.5. The Morgan fingerprint density at radius 3 is 3.07 bits per heavy atom. The number of aromatic amines is 1. The lowest BCUT2D eigenvalue weighted by Gasteiger charge is -2.11. The van der Waals surface area contributed by atoms with E-state index in [9.17, 15) is 4.79 Å². The van der Waals surface area contributed by atoms with Crippen molar-refractivity contribution < 1.29 is 9.53 Å². The molecule has 9 nitrogen and oxygen atoms in total. The van der Waals surface area contributed by atoms with Gasteiger partial charge in [-0.15, -0.1) is 0 Å². The predicted octanol–water partition coefficient (Wildman–Crippen LogP) is 2.24. The number of methoxy groups -OCH3 is 1. The first-order valence-electron chi connectivity index (χ1n) is 9.13. The number of H-pyrrole nitrogens is 1. The van der Waals surface area contributed by atoms with Crippen LogP contribution in [0.15, 0.2) is 41.9 Å². The van der Waals surface area contributed by atoms with E-state index in [1.807, 2.05) is 29.7 Å². The van der Waals surface area contributed by atoms with E-state index in [0.29, 0.717) is 35.6 Å². The third-order valence-electron chi connectivity index (χ3n) is 4.55. The standard InChI is InChI=1S/C20H21N7O2/c1-12(11-29-3)25-20(28)14-8-23-19-18(14)26-15(9-24-19)16-10-22-17-6-13(7-21-2)4-5-27(16)17/h4-6,8-10,12H,2,7,11H2,1,3H3,(H,23,24)(H,25,28). The predicted molar refractivity (Wildman–Crippen MR) is 110 cm³/mol. The molecule has 0 saturated carbocycles. The van der Waals surface area contributed by atoms with Gasteiger partial charge in [0.05, 0.1) is 36.8 Å². The Labute approximate surface area is 166 Å². The van der Waals surface area contributed by atoms with Crippen LogP contribution >= 0.6 is 0 Å². The molecule has 0 fully saturated rings. The first-order chi connectivity index (χ1) is 14.1. The highest BCUT2D eigenvalue weighted by molar-refractivity contribution is 6.04. The van der Waals surface area contributed by atoms with E-state index in [-0.39, 0.29) is 11.9 Å². The van der Waals surface area contributed by atoms with E-state index in [4.69, 9.17) is 4.74 Å². The number of ether oxygens (including phenoxy) is 1. The molecule has 0 aliphatic carbocycles. The highest BCUT2D eigenvalue weighted by Gasteiger charge is 2.18. The summed E-state index contributed by atoms with van der Waals surface area (Å²) in [6.45, 7) is 6.36. The Balaban J connectivity index is 1.71. The van der Waals surface area contributed by atoms with Crippen LogP contribution in [-0.4, -0.2) is 56.7 Å². The summed E-state index contributed by atoms with van der Waals surface area (Å²) in [5.74, 6) is -0.230. The van der Waals surface area contributed by atoms with E-state index in [2.05, 4.69) is 37.0 Å². The van der Waals surface area contributed by atoms with Crippen molar-refractivity contribution >= 4 is 29.4 Å². The maximum atomic E-state index is 12.6. The Bertz CT molecular complexity index is 1190. The number of fused-ring (bicyclic) bond motifs is 2. The number of hydrogen-bond acceptors (Lipinski definition) is 6. The summed E-state index contributed by atoms with van der Waals surface area (Å²) in [7, 11) is 1.60. The summed E-state index contributed by atoms with van der Waals surface area (Å²) in [4.78, 5) is 33.1. The fourth-order valence-electron chi connectivity index (χ4n) is 3.22. The number of hydrogen-bond donors (Lipinski definition) is 2. The summed E-state index contributed by atoms with van der Waals surface area (Å²) in [6, 6.07) is 3.80. The van der Waals surface area contributed by atoms with E-state index in [1.165, 1.54) is 0 Å². The van der Waals surface area contributed by atoms with Crippen LogP contribution in [0.4, 0.5) is 0 Å². The molecule has 0 aliphatic heterocycles. The summed E-state index contributed by atoms with van der Waals surface area (Å²) in [5, 5.41) is 2.89. The molecule has 0 spiro atoms. The molecule has 1 unspecified atom stereocenters. The first-order valence-corrected chi connectivity index (χ1v) is 9.13. The fraction of sp³-hybridized carbons (Fsp3) is 0.250. The monoisotopic (exact) mass is 391 g/mol. The molecule has 9 heteroatoms. The molecule has 4 rings (SSSR count). The fourth-order valence-corrected chi connectivity index (χ4v) is 3.22. The van der Waals surface area contributed by atoms with Crippen molar-refractivity contribution in [2.45, 2.75) is 19.5 Å². The average Bonchev–Trinajstić information content (AvgIpc) is 3.31. The minimum atomic E-state index is -0.230. The number of aliphatic imine (C=N–C) groups is 1. The zero-order valence-corrected chi connectivity index (χ0v) is 16.2. The molecule has 1 atom stereocenters. The van der Waals surface area contributed by atoms with Crippen molar-refractivity contribution in [3.63, 3.8) is 0 Å². The van der Waals surface area contributed by atoms with Crippen molar-refractivity contribution in [3.05, 3.63) is 48.0 Å². The molecule has 0 radical (unpaired) electrons. The van der Waals surface area contributed by atoms with Gasteiger partial charge in [0.25, 0.3) is 5.91 Å². The third-order valence-corrected chi connectivity index (χ3v) is 4.55. The normalized spacial score (nSPS) is 12.3. The lowest BCUT2D eigenvalue weighted by Crippen LogP contribution is -2.35. The van der Waals surface area contributed by atoms with Gasteiger partial charge in [-0.2, -0.15) is 0 Å². The number of nitrogens with one attached hydrogen (secondary N) is 2. The number of rotatable bonds is 7. The summed E-state index contributed by atoms with van der Waals surface area (Å²) in [6.07, 6.45) is 6.94. The minimum Gasteiger partial charge on any atom is -0.383 e. The molecule has 0 aromatic carbocycles. The first kappa shape index (κ1) is 18.8. The number of nitrogens with zero attached hydrogens (tertiary/aromatic N) is 5. The maximum Gasteiger partial charge on any atom is 0.255 e. The van der Waals surface area contributed by atoms with E-state index in [0.717, 1.165) is 16.9 Å². The van der Waals surface area contributed by atoms with Crippen molar-refractivity contribution in [2.24, 2.45) is 4.99 Å². The van der Waals surface area contributed by atoms with Crippen molar-refractivity contribution in [1.29, 1.82) is 0 Å². The van der Waals surface area contributed by atoms with Crippen LogP contribution in [0, 0.1) is 0 Å². The molecular formula is C20H21N7O2. The molecule has 0 bridgehead atoms. The second-order valence-corrected chi connectivity index (χ2v) is 6.77. The lowest BCUT2D eigenvalue weighted by molar-refractivity contribution is 0.0907. The maximum absolute atomic E-state index is 12.6. The number of carbonyl (C=O) groups excluding carboxylic acids is 1. The number of imidazole rings is 1. The van der Waals surface area contributed by atoms with Crippen LogP contribution in [0.1, 0.15) is 22.8 Å². The number of pyridine rings is 1. The smallest absolute Gasteiger partial charge is 0.255 e. The molecule has 4 aromatic heterocycles. The zero-order chi connectivity index (χ0) is 20.4. The van der Waals surface area contributed by atoms with Gasteiger partial charge in [0.1, 0.15) is 16.9 Å². The Morgan fingerprint density at radius 1 is 1.41 bits per heavy atom. The molecule has 29 heavy (non-hydrogen) atoms. The molecule has 148 valence electrons. The van der Waals surface area contributed by atoms with Gasteiger partial charge in [-0.05, 0) is 31.3 Å². The molecule has 0 saturated heterocycles. The van der Waals surface area contributed by atoms with Gasteiger partial charge < -0.3 is 15.0 Å². The van der Waals surface area contributed by atoms with Gasteiger partial charge >= 0.3 is 0 Å². The average molecular weight is 391 g/mol. The summed E-state index contributed by atoms with van der Waals surface area (Å²) < 4.78 is 7.00. The SMILES string of the molecule is C=NCc1ccn2c(-c3cnc4[nH]cc(C(=O)NC(C)COC)c4n3)cnc2c1. The van der Waals surface area contributed by atoms with Gasteiger partial charge in [-0.1, -0.05) is 0 Å². The molecule has 0 aliphatic rings. The van der Waals surface area contributed by atoms with E-state index in [1.54, 1.807) is 25.7 Å². The van der Waals surface area contributed by atoms with E-state index >= 15 is 0 Å². The second kappa shape index (κ2) is 7.80. The van der Waals surface area contributed by atoms with Gasteiger partial charge in [0.15, 0.2) is 5.65 Å². The zero-order valence-electron chi connectivity index (χ0n) is 16.2. The van der Waals surface area contributed by atoms with Crippen molar-refractivity contribution in [1.82, 2.24) is 29.7 Å². The third kappa shape index (κ3) is 3.59. The van der Waals surface area contributed by atoms with Gasteiger partial charge in [-0.3, -0.25) is 14.2 Å². The van der Waals surface area contributed by atoms with Gasteiger partial charge in [-0.25, -0.2) is 15.0 Å². The Morgan fingerprint density at radius 2 is 2.28 bits per heavy atom. The molecule has 4 aromatic rings. The summed E-state index contributed by atoms with van der Waals surface area (Å²) >= 11 is 0. The number of carbonyl (C=O) groups is 1. The topological polar surface area (TPSA) is 110 Å². The van der Waals surface area contributed by atoms with Crippen molar-refractivity contribution in [2.75, 3.05) is 13.7 Å². The highest BCUT2D eigenvalue weighted by Crippen LogP contribution is 2.23. The molecule has 2 N–H and O–H groups in total. The van der Waals surface area contributed by atoms with Crippen LogP contribution in [-0.2, 0) is 11.3 Å². The van der Waals surface area contributed by atoms with Gasteiger partial charge in [0.2, 0.25) is 0 Å². The summed E-state index contributed by atoms with van der Waals surface area (Å²) in [5.41, 5.74) is 4.71. The van der Waals surface area contributed by atoms with Crippen molar-refractivity contribution in [3.8, 4) is 11.4 Å². The van der Waals surface area contributed by atoms with Crippen LogP contribution < -0.4 is 5.32 Å². The van der Waals surface area contributed by atoms with Gasteiger partial charge in [0, 0.05) is 25.5 Å². The number of amides is 1. The van der Waals surface area contributed by atoms with Crippen LogP contribution in [0.25, 0.3) is 28.2 Å².